The average Bonchev–Trinajstić information content (AvgIpc) is 2.48. The van der Waals surface area contributed by atoms with Crippen molar-refractivity contribution < 1.29 is 0 Å². The molecule has 0 heterocycles. The first-order chi connectivity index (χ1) is 6.34. The lowest BCUT2D eigenvalue weighted by Gasteiger charge is -2.32. The summed E-state index contributed by atoms with van der Waals surface area (Å²) in [6.45, 7) is 9.61. The first-order valence-electron chi connectivity index (χ1n) is 5.39. The second-order valence-corrected chi connectivity index (χ2v) is 10.6. The summed E-state index contributed by atoms with van der Waals surface area (Å²) in [5.74, 6) is 0.650. The van der Waals surface area contributed by atoms with Gasteiger partial charge in [0, 0.05) is 12.0 Å². The maximum atomic E-state index is 2.43. The largest absolute Gasteiger partial charge is 0.306 e. The lowest BCUT2D eigenvalue weighted by atomic mass is 10.0. The Morgan fingerprint density at radius 3 is 2.29 bits per heavy atom. The molecule has 1 aliphatic carbocycles. The second-order valence-electron chi connectivity index (χ2n) is 5.49. The third-order valence-electron chi connectivity index (χ3n) is 3.15. The molecule has 0 N–H and O–H groups in total. The van der Waals surface area contributed by atoms with E-state index in [1.165, 1.54) is 0 Å². The van der Waals surface area contributed by atoms with E-state index >= 15 is 0 Å². The summed E-state index contributed by atoms with van der Waals surface area (Å²) < 4.78 is 0. The molecule has 0 aromatic heterocycles. The molecule has 0 amide bonds. The van der Waals surface area contributed by atoms with Gasteiger partial charge in [-0.1, -0.05) is 43.1 Å². The molecule has 2 atom stereocenters. The second kappa shape index (κ2) is 4.03. The van der Waals surface area contributed by atoms with Gasteiger partial charge in [0.15, 0.2) is 0 Å². The molecule has 0 fully saturated rings. The van der Waals surface area contributed by atoms with Gasteiger partial charge in [-0.15, -0.1) is 0 Å². The van der Waals surface area contributed by atoms with Gasteiger partial charge in [-0.2, -0.15) is 0 Å². The van der Waals surface area contributed by atoms with Gasteiger partial charge in [0.05, 0.1) is 8.07 Å². The topological polar surface area (TPSA) is 3.24 Å². The van der Waals surface area contributed by atoms with Crippen molar-refractivity contribution in [3.63, 3.8) is 0 Å². The summed E-state index contributed by atoms with van der Waals surface area (Å²) in [7, 11) is 3.21. The Morgan fingerprint density at radius 2 is 1.86 bits per heavy atom. The Bertz CT molecular complexity index is 258. The fourth-order valence-corrected chi connectivity index (χ4v) is 3.92. The number of rotatable bonds is 3. The minimum Gasteiger partial charge on any atom is -0.306 e. The molecule has 0 radical (unpaired) electrons. The van der Waals surface area contributed by atoms with Gasteiger partial charge in [0.1, 0.15) is 0 Å². The molecule has 0 aromatic carbocycles. The van der Waals surface area contributed by atoms with Crippen LogP contribution >= 0.6 is 0 Å². The van der Waals surface area contributed by atoms with E-state index in [2.05, 4.69) is 63.8 Å². The lowest BCUT2D eigenvalue weighted by molar-refractivity contribution is 0.280. The van der Waals surface area contributed by atoms with Crippen LogP contribution in [0.4, 0.5) is 0 Å². The molecule has 1 nitrogen and oxygen atoms in total. The van der Waals surface area contributed by atoms with Crippen molar-refractivity contribution >= 4 is 8.07 Å². The zero-order valence-electron chi connectivity index (χ0n) is 10.3. The van der Waals surface area contributed by atoms with Crippen LogP contribution < -0.4 is 0 Å². The maximum absolute atomic E-state index is 2.43. The molecule has 1 rings (SSSR count). The van der Waals surface area contributed by atoms with Crippen LogP contribution in [0.15, 0.2) is 23.4 Å². The molecule has 0 saturated heterocycles. The van der Waals surface area contributed by atoms with Crippen molar-refractivity contribution in [2.45, 2.75) is 32.6 Å². The Labute approximate surface area is 89.5 Å². The normalized spacial score (nSPS) is 24.2. The molecular formula is C12H23NSi. The highest BCUT2D eigenvalue weighted by Crippen LogP contribution is 2.31. The number of allylic oxidation sites excluding steroid dienone is 2. The van der Waals surface area contributed by atoms with Crippen molar-refractivity contribution in [1.29, 1.82) is 0 Å². The van der Waals surface area contributed by atoms with Crippen molar-refractivity contribution in [2.24, 2.45) is 5.92 Å². The quantitative estimate of drug-likeness (QED) is 0.646. The average molecular weight is 209 g/mol. The van der Waals surface area contributed by atoms with Crippen LogP contribution in [0, 0.1) is 5.92 Å². The fraction of sp³-hybridized carbons (Fsp3) is 0.667. The third kappa shape index (κ3) is 2.37. The van der Waals surface area contributed by atoms with E-state index < -0.39 is 8.07 Å². The van der Waals surface area contributed by atoms with E-state index in [4.69, 9.17) is 0 Å². The highest BCUT2D eigenvalue weighted by atomic mass is 28.3. The molecule has 1 aliphatic rings. The van der Waals surface area contributed by atoms with E-state index in [-0.39, 0.29) is 0 Å². The van der Waals surface area contributed by atoms with Gasteiger partial charge < -0.3 is 4.90 Å². The molecule has 2 heteroatoms. The number of hydrogen-bond donors (Lipinski definition) is 0. The predicted octanol–water partition coefficient (Wildman–Crippen LogP) is 2.93. The van der Waals surface area contributed by atoms with E-state index in [1.807, 2.05) is 0 Å². The highest BCUT2D eigenvalue weighted by molar-refractivity contribution is 6.83. The van der Waals surface area contributed by atoms with Gasteiger partial charge in [-0.25, -0.2) is 0 Å². The third-order valence-corrected chi connectivity index (χ3v) is 5.39. The maximum Gasteiger partial charge on any atom is 0.0732 e. The monoisotopic (exact) mass is 209 g/mol. The van der Waals surface area contributed by atoms with Crippen molar-refractivity contribution in [3.8, 4) is 0 Å². The van der Waals surface area contributed by atoms with Crippen LogP contribution in [0.3, 0.4) is 0 Å². The van der Waals surface area contributed by atoms with E-state index in [1.54, 1.807) is 5.20 Å². The minimum atomic E-state index is -1.12. The van der Waals surface area contributed by atoms with Crippen LogP contribution in [-0.2, 0) is 0 Å². The summed E-state index contributed by atoms with van der Waals surface area (Å²) in [5.41, 5.74) is 0. The van der Waals surface area contributed by atoms with Gasteiger partial charge in [0.25, 0.3) is 0 Å². The van der Waals surface area contributed by atoms with Gasteiger partial charge in [-0.3, -0.25) is 0 Å². The zero-order valence-corrected chi connectivity index (χ0v) is 11.3. The van der Waals surface area contributed by atoms with Crippen LogP contribution in [-0.4, -0.2) is 33.1 Å². The summed E-state index contributed by atoms with van der Waals surface area (Å²) in [6, 6.07) is 0.617. The van der Waals surface area contributed by atoms with Crippen molar-refractivity contribution in [3.05, 3.63) is 23.4 Å². The van der Waals surface area contributed by atoms with Gasteiger partial charge in [0.2, 0.25) is 0 Å². The Balaban J connectivity index is 2.82. The van der Waals surface area contributed by atoms with Crippen molar-refractivity contribution in [2.75, 3.05) is 14.1 Å². The van der Waals surface area contributed by atoms with Crippen LogP contribution in [0.25, 0.3) is 0 Å². The molecule has 0 saturated carbocycles. The first-order valence-corrected chi connectivity index (χ1v) is 8.89. The van der Waals surface area contributed by atoms with E-state index in [9.17, 15) is 0 Å². The zero-order chi connectivity index (χ0) is 10.9. The molecule has 0 aromatic rings. The predicted molar refractivity (Wildman–Crippen MR) is 67.2 cm³/mol. The minimum absolute atomic E-state index is 0.617. The number of nitrogens with zero attached hydrogens (tertiary/aromatic N) is 1. The standard InChI is InChI=1S/C12H23NSi/c1-10(13(2)3)11-8-7-9-12(11)14(4,5)6/h7-11H,1-6H3/t10-,11?/m0/s1. The summed E-state index contributed by atoms with van der Waals surface area (Å²) in [5, 5.41) is 1.69. The van der Waals surface area contributed by atoms with E-state index in [0.29, 0.717) is 12.0 Å². The SMILES string of the molecule is C[C@@H](C1C=CC=C1[Si](C)(C)C)N(C)C. The van der Waals surface area contributed by atoms with Crippen LogP contribution in [0.2, 0.25) is 19.6 Å². The Hall–Kier alpha value is -0.343. The van der Waals surface area contributed by atoms with Crippen molar-refractivity contribution in [1.82, 2.24) is 4.90 Å². The summed E-state index contributed by atoms with van der Waals surface area (Å²) >= 11 is 0. The van der Waals surface area contributed by atoms with Crippen LogP contribution in [0.5, 0.6) is 0 Å². The molecule has 80 valence electrons. The summed E-state index contributed by atoms with van der Waals surface area (Å²) in [6.07, 6.45) is 6.94. The van der Waals surface area contributed by atoms with Crippen LogP contribution in [0.1, 0.15) is 6.92 Å². The molecule has 0 spiro atoms. The Morgan fingerprint density at radius 1 is 1.29 bits per heavy atom. The molecule has 1 unspecified atom stereocenters. The smallest absolute Gasteiger partial charge is 0.0732 e. The summed E-state index contributed by atoms with van der Waals surface area (Å²) in [4.78, 5) is 2.31. The number of hydrogen-bond acceptors (Lipinski definition) is 1. The fourth-order valence-electron chi connectivity index (χ4n) is 1.99. The lowest BCUT2D eigenvalue weighted by Crippen LogP contribution is -2.38. The molecule has 14 heavy (non-hydrogen) atoms. The van der Waals surface area contributed by atoms with E-state index in [0.717, 1.165) is 0 Å². The first kappa shape index (κ1) is 11.7. The molecule has 0 aliphatic heterocycles. The van der Waals surface area contributed by atoms with Gasteiger partial charge in [-0.05, 0) is 21.0 Å². The Kier molecular flexibility index (Phi) is 3.38. The highest BCUT2D eigenvalue weighted by Gasteiger charge is 2.31. The van der Waals surface area contributed by atoms with Gasteiger partial charge >= 0.3 is 0 Å². The molecule has 0 bridgehead atoms. The molecular weight excluding hydrogens is 186 g/mol.